The molecule has 0 bridgehead atoms. The Hall–Kier alpha value is -2.73. The molecule has 33 heavy (non-hydrogen) atoms. The van der Waals surface area contributed by atoms with E-state index in [1.165, 1.54) is 18.2 Å². The van der Waals surface area contributed by atoms with E-state index in [-0.39, 0.29) is 27.6 Å². The molecule has 1 amide bonds. The smallest absolute Gasteiger partial charge is 0.337 e. The maximum atomic E-state index is 12.8. The Morgan fingerprint density at radius 1 is 1.09 bits per heavy atom. The topological polar surface area (TPSA) is 116 Å². The van der Waals surface area contributed by atoms with Crippen LogP contribution in [0.25, 0.3) is 0 Å². The van der Waals surface area contributed by atoms with E-state index in [1.54, 1.807) is 13.0 Å². The van der Waals surface area contributed by atoms with Gasteiger partial charge in [-0.1, -0.05) is 28.1 Å². The van der Waals surface area contributed by atoms with Crippen molar-refractivity contribution in [1.82, 2.24) is 4.72 Å². The number of carboxylic acids is 1. The minimum Gasteiger partial charge on any atom is -0.478 e. The summed E-state index contributed by atoms with van der Waals surface area (Å²) < 4.78 is 28.8. The van der Waals surface area contributed by atoms with E-state index in [4.69, 9.17) is 0 Å². The van der Waals surface area contributed by atoms with Crippen molar-refractivity contribution in [3.63, 3.8) is 0 Å². The number of carbonyl (C=O) groups excluding carboxylic acids is 1. The molecule has 0 aliphatic carbocycles. The van der Waals surface area contributed by atoms with E-state index < -0.39 is 21.9 Å². The lowest BCUT2D eigenvalue weighted by atomic mass is 10.2. The van der Waals surface area contributed by atoms with Gasteiger partial charge in [-0.25, -0.2) is 17.9 Å². The SMILES string of the molecule is Cc1sc(C(=O)Nc2ccc(Br)cc2C(=O)O)cc1S(=O)(=O)NCc1ccc(N(C)C)cc1. The highest BCUT2D eigenvalue weighted by atomic mass is 79.9. The molecule has 1 heterocycles. The molecule has 11 heteroatoms. The van der Waals surface area contributed by atoms with Gasteiger partial charge in [0.2, 0.25) is 10.0 Å². The summed E-state index contributed by atoms with van der Waals surface area (Å²) in [6.07, 6.45) is 0. The Kier molecular flexibility index (Phi) is 7.58. The highest BCUT2D eigenvalue weighted by Gasteiger charge is 2.23. The predicted octanol–water partition coefficient (Wildman–Crippen LogP) is 4.31. The van der Waals surface area contributed by atoms with Crippen molar-refractivity contribution >= 4 is 60.5 Å². The third kappa shape index (κ3) is 5.99. The molecule has 8 nitrogen and oxygen atoms in total. The number of carboxylic acid groups (broad SMARTS) is 1. The number of thiophene rings is 1. The summed E-state index contributed by atoms with van der Waals surface area (Å²) >= 11 is 4.22. The third-order valence-electron chi connectivity index (χ3n) is 4.76. The van der Waals surface area contributed by atoms with Crippen molar-refractivity contribution < 1.29 is 23.1 Å². The molecule has 0 fully saturated rings. The minimum atomic E-state index is -3.86. The number of hydrogen-bond acceptors (Lipinski definition) is 6. The van der Waals surface area contributed by atoms with Crippen molar-refractivity contribution in [2.45, 2.75) is 18.4 Å². The average molecular weight is 552 g/mol. The van der Waals surface area contributed by atoms with Crippen LogP contribution in [-0.2, 0) is 16.6 Å². The Bertz CT molecular complexity index is 1300. The Balaban J connectivity index is 1.76. The van der Waals surface area contributed by atoms with Crippen molar-refractivity contribution in [3.8, 4) is 0 Å². The summed E-state index contributed by atoms with van der Waals surface area (Å²) in [4.78, 5) is 26.7. The molecule has 0 saturated carbocycles. The molecule has 3 aromatic rings. The zero-order valence-corrected chi connectivity index (χ0v) is 21.3. The van der Waals surface area contributed by atoms with Gasteiger partial charge in [-0.05, 0) is 48.9 Å². The lowest BCUT2D eigenvalue weighted by molar-refractivity contribution is 0.0698. The van der Waals surface area contributed by atoms with Crippen LogP contribution >= 0.6 is 27.3 Å². The highest BCUT2D eigenvalue weighted by molar-refractivity contribution is 9.10. The van der Waals surface area contributed by atoms with Crippen molar-refractivity contribution in [1.29, 1.82) is 0 Å². The number of carbonyl (C=O) groups is 2. The van der Waals surface area contributed by atoms with Gasteiger partial charge in [0.25, 0.3) is 5.91 Å². The summed E-state index contributed by atoms with van der Waals surface area (Å²) in [6, 6.07) is 13.2. The number of aromatic carboxylic acids is 1. The Morgan fingerprint density at radius 3 is 2.36 bits per heavy atom. The van der Waals surface area contributed by atoms with Gasteiger partial charge in [0.05, 0.1) is 21.0 Å². The van der Waals surface area contributed by atoms with Crippen LogP contribution in [-0.4, -0.2) is 39.5 Å². The van der Waals surface area contributed by atoms with Gasteiger partial charge in [-0.2, -0.15) is 0 Å². The second-order valence-corrected chi connectivity index (χ2v) is 11.3. The first-order valence-electron chi connectivity index (χ1n) is 9.68. The van der Waals surface area contributed by atoms with Gasteiger partial charge in [0.1, 0.15) is 0 Å². The second-order valence-electron chi connectivity index (χ2n) is 7.37. The molecular weight excluding hydrogens is 530 g/mol. The molecule has 3 rings (SSSR count). The molecule has 2 aromatic carbocycles. The monoisotopic (exact) mass is 551 g/mol. The molecule has 0 spiro atoms. The van der Waals surface area contributed by atoms with Crippen molar-refractivity contribution in [2.24, 2.45) is 0 Å². The van der Waals surface area contributed by atoms with Gasteiger partial charge in [0.15, 0.2) is 0 Å². The highest BCUT2D eigenvalue weighted by Crippen LogP contribution is 2.28. The van der Waals surface area contributed by atoms with Crippen LogP contribution in [0.1, 0.15) is 30.5 Å². The number of nitrogens with one attached hydrogen (secondary N) is 2. The summed E-state index contributed by atoms with van der Waals surface area (Å²) in [5.74, 6) is -1.78. The number of aryl methyl sites for hydroxylation is 1. The minimum absolute atomic E-state index is 0.0109. The largest absolute Gasteiger partial charge is 0.478 e. The van der Waals surface area contributed by atoms with E-state index in [9.17, 15) is 23.1 Å². The first-order chi connectivity index (χ1) is 15.5. The number of sulfonamides is 1. The fourth-order valence-corrected chi connectivity index (χ4v) is 5.86. The van der Waals surface area contributed by atoms with Gasteiger partial charge in [-0.15, -0.1) is 11.3 Å². The fourth-order valence-electron chi connectivity index (χ4n) is 3.00. The van der Waals surface area contributed by atoms with Crippen LogP contribution in [0.3, 0.4) is 0 Å². The fraction of sp³-hybridized carbons (Fsp3) is 0.182. The molecule has 1 aromatic heterocycles. The zero-order valence-electron chi connectivity index (χ0n) is 18.0. The maximum Gasteiger partial charge on any atom is 0.337 e. The average Bonchev–Trinajstić information content (AvgIpc) is 3.16. The Morgan fingerprint density at radius 2 is 1.76 bits per heavy atom. The van der Waals surface area contributed by atoms with E-state index in [1.807, 2.05) is 43.3 Å². The molecule has 3 N–H and O–H groups in total. The molecule has 0 saturated heterocycles. The molecule has 0 atom stereocenters. The summed E-state index contributed by atoms with van der Waals surface area (Å²) in [5, 5.41) is 11.9. The number of anilines is 2. The van der Waals surface area contributed by atoms with Gasteiger partial charge >= 0.3 is 5.97 Å². The quantitative estimate of drug-likeness (QED) is 0.384. The number of benzene rings is 2. The molecule has 0 aliphatic rings. The van der Waals surface area contributed by atoms with Crippen LogP contribution in [0.2, 0.25) is 0 Å². The number of nitrogens with zero attached hydrogens (tertiary/aromatic N) is 1. The first-order valence-corrected chi connectivity index (χ1v) is 12.8. The predicted molar refractivity (Wildman–Crippen MR) is 133 cm³/mol. The van der Waals surface area contributed by atoms with E-state index in [0.29, 0.717) is 9.35 Å². The maximum absolute atomic E-state index is 12.8. The van der Waals surface area contributed by atoms with Crippen molar-refractivity contribution in [2.75, 3.05) is 24.3 Å². The van der Waals surface area contributed by atoms with Gasteiger partial charge in [-0.3, -0.25) is 4.79 Å². The Labute approximate surface area is 204 Å². The molecule has 0 unspecified atom stereocenters. The lowest BCUT2D eigenvalue weighted by Gasteiger charge is -2.13. The lowest BCUT2D eigenvalue weighted by Crippen LogP contribution is -2.23. The zero-order chi connectivity index (χ0) is 24.3. The van der Waals surface area contributed by atoms with Crippen LogP contribution in [0.15, 0.2) is 57.9 Å². The number of halogens is 1. The van der Waals surface area contributed by atoms with Crippen LogP contribution in [0, 0.1) is 6.92 Å². The number of hydrogen-bond donors (Lipinski definition) is 3. The van der Waals surface area contributed by atoms with Crippen LogP contribution in [0.5, 0.6) is 0 Å². The molecule has 0 aliphatic heterocycles. The van der Waals surface area contributed by atoms with Crippen molar-refractivity contribution in [3.05, 3.63) is 73.9 Å². The standard InChI is InChI=1S/C22H22BrN3O5S2/c1-13-20(33(30,31)24-12-14-4-7-16(8-5-14)26(2)3)11-19(32-13)21(27)25-18-9-6-15(23)10-17(18)22(28)29/h4-11,24H,12H2,1-3H3,(H,25,27)(H,28,29). The molecule has 174 valence electrons. The van der Waals surface area contributed by atoms with Crippen LogP contribution < -0.4 is 14.9 Å². The number of rotatable bonds is 8. The third-order valence-corrected chi connectivity index (χ3v) is 7.96. The normalized spacial score (nSPS) is 11.3. The van der Waals surface area contributed by atoms with E-state index >= 15 is 0 Å². The molecular formula is C22H22BrN3O5S2. The second kappa shape index (κ2) is 10.0. The van der Waals surface area contributed by atoms with E-state index in [0.717, 1.165) is 22.6 Å². The summed E-state index contributed by atoms with van der Waals surface area (Å²) in [7, 11) is -0.0174. The first kappa shape index (κ1) is 24.9. The van der Waals surface area contributed by atoms with Gasteiger partial charge in [0, 0.05) is 35.7 Å². The van der Waals surface area contributed by atoms with E-state index in [2.05, 4.69) is 26.0 Å². The number of amides is 1. The summed E-state index contributed by atoms with van der Waals surface area (Å²) in [5.41, 5.74) is 1.83. The summed E-state index contributed by atoms with van der Waals surface area (Å²) in [6.45, 7) is 1.72. The van der Waals surface area contributed by atoms with Crippen LogP contribution in [0.4, 0.5) is 11.4 Å². The molecule has 0 radical (unpaired) electrons. The van der Waals surface area contributed by atoms with Gasteiger partial charge < -0.3 is 15.3 Å².